The van der Waals surface area contributed by atoms with Crippen molar-refractivity contribution in [3.63, 3.8) is 0 Å². The number of nitrogens with two attached hydrogens (primary N) is 1. The van der Waals surface area contributed by atoms with Crippen LogP contribution >= 0.6 is 0 Å². The van der Waals surface area contributed by atoms with Gasteiger partial charge in [-0.25, -0.2) is 0 Å². The number of hydrogen-bond acceptors (Lipinski definition) is 3. The predicted molar refractivity (Wildman–Crippen MR) is 54.7 cm³/mol. The van der Waals surface area contributed by atoms with Gasteiger partial charge in [-0.05, 0) is 33.2 Å². The summed E-state index contributed by atoms with van der Waals surface area (Å²) in [5, 5.41) is 0. The molecule has 0 amide bonds. The van der Waals surface area contributed by atoms with Crippen molar-refractivity contribution in [2.75, 3.05) is 26.2 Å². The molecule has 3 nitrogen and oxygen atoms in total. The average molecular weight is 186 g/mol. The summed E-state index contributed by atoms with van der Waals surface area (Å²) in [6.07, 6.45) is 2.62. The summed E-state index contributed by atoms with van der Waals surface area (Å²) in [7, 11) is 0. The fourth-order valence-electron chi connectivity index (χ4n) is 1.69. The Morgan fingerprint density at radius 3 is 2.85 bits per heavy atom. The van der Waals surface area contributed by atoms with Crippen molar-refractivity contribution in [2.45, 2.75) is 38.8 Å². The lowest BCUT2D eigenvalue weighted by atomic mass is 10.3. The molecule has 3 heteroatoms. The van der Waals surface area contributed by atoms with Crippen molar-refractivity contribution in [1.82, 2.24) is 4.90 Å². The van der Waals surface area contributed by atoms with Gasteiger partial charge in [-0.2, -0.15) is 0 Å². The maximum absolute atomic E-state index is 5.70. The molecule has 13 heavy (non-hydrogen) atoms. The van der Waals surface area contributed by atoms with Gasteiger partial charge in [0.1, 0.15) is 0 Å². The Kier molecular flexibility index (Phi) is 4.70. The Bertz CT molecular complexity index is 139. The highest BCUT2D eigenvalue weighted by atomic mass is 16.5. The monoisotopic (exact) mass is 186 g/mol. The van der Waals surface area contributed by atoms with Crippen molar-refractivity contribution >= 4 is 0 Å². The zero-order valence-corrected chi connectivity index (χ0v) is 8.83. The molecule has 0 aromatic carbocycles. The van der Waals surface area contributed by atoms with Gasteiger partial charge in [-0.3, -0.25) is 4.90 Å². The van der Waals surface area contributed by atoms with Crippen LogP contribution in [0.1, 0.15) is 26.7 Å². The maximum atomic E-state index is 5.70. The van der Waals surface area contributed by atoms with E-state index in [-0.39, 0.29) is 0 Å². The fraction of sp³-hybridized carbons (Fsp3) is 1.00. The summed E-state index contributed by atoms with van der Waals surface area (Å²) in [5.41, 5.74) is 5.40. The highest BCUT2D eigenvalue weighted by Crippen LogP contribution is 2.15. The lowest BCUT2D eigenvalue weighted by molar-refractivity contribution is 0.0561. The molecule has 0 bridgehead atoms. The highest BCUT2D eigenvalue weighted by Gasteiger charge is 2.24. The smallest absolute Gasteiger partial charge is 0.0714 e. The van der Waals surface area contributed by atoms with Crippen LogP contribution in [0.15, 0.2) is 0 Å². The van der Waals surface area contributed by atoms with Crippen LogP contribution in [0.5, 0.6) is 0 Å². The minimum Gasteiger partial charge on any atom is -0.377 e. The van der Waals surface area contributed by atoms with Crippen molar-refractivity contribution < 1.29 is 4.74 Å². The fourth-order valence-corrected chi connectivity index (χ4v) is 1.69. The Morgan fingerprint density at radius 2 is 2.31 bits per heavy atom. The van der Waals surface area contributed by atoms with Crippen molar-refractivity contribution in [3.8, 4) is 0 Å². The summed E-state index contributed by atoms with van der Waals surface area (Å²) in [6.45, 7) is 8.32. The van der Waals surface area contributed by atoms with E-state index in [2.05, 4.69) is 18.7 Å². The molecule has 0 radical (unpaired) electrons. The van der Waals surface area contributed by atoms with Crippen molar-refractivity contribution in [2.24, 2.45) is 5.73 Å². The molecule has 1 aliphatic heterocycles. The standard InChI is InChI=1S/C10H22N2O/c1-9(2)12-6-4-10(8-12)13-7-3-5-11/h9-10H,3-8,11H2,1-2H3. The number of nitrogens with zero attached hydrogens (tertiary/aromatic N) is 1. The average Bonchev–Trinajstić information content (AvgIpc) is 2.53. The molecule has 1 fully saturated rings. The molecule has 1 atom stereocenters. The number of likely N-dealkylation sites (tertiary alicyclic amines) is 1. The minimum atomic E-state index is 0.453. The van der Waals surface area contributed by atoms with E-state index in [4.69, 9.17) is 10.5 Å². The lowest BCUT2D eigenvalue weighted by Crippen LogP contribution is -2.30. The van der Waals surface area contributed by atoms with Crippen LogP contribution in [0.3, 0.4) is 0 Å². The van der Waals surface area contributed by atoms with Gasteiger partial charge in [0.25, 0.3) is 0 Å². The van der Waals surface area contributed by atoms with Crippen LogP contribution in [0.2, 0.25) is 0 Å². The van der Waals surface area contributed by atoms with Crippen LogP contribution in [0.4, 0.5) is 0 Å². The third-order valence-corrected chi connectivity index (χ3v) is 2.61. The van der Waals surface area contributed by atoms with Crippen molar-refractivity contribution in [1.29, 1.82) is 0 Å². The normalized spacial score (nSPS) is 24.5. The van der Waals surface area contributed by atoms with Crippen LogP contribution in [0, 0.1) is 0 Å². The summed E-state index contributed by atoms with van der Waals surface area (Å²) in [5.74, 6) is 0. The first kappa shape index (κ1) is 11.0. The lowest BCUT2D eigenvalue weighted by Gasteiger charge is -2.20. The molecule has 0 aromatic heterocycles. The zero-order valence-electron chi connectivity index (χ0n) is 8.83. The van der Waals surface area contributed by atoms with Crippen LogP contribution in [-0.2, 0) is 4.74 Å². The Labute approximate surface area is 81.2 Å². The van der Waals surface area contributed by atoms with Gasteiger partial charge in [0.2, 0.25) is 0 Å². The second-order valence-corrected chi connectivity index (χ2v) is 4.01. The molecule has 78 valence electrons. The molecule has 1 heterocycles. The van der Waals surface area contributed by atoms with Crippen LogP contribution in [0.25, 0.3) is 0 Å². The predicted octanol–water partition coefficient (Wildman–Crippen LogP) is 0.834. The zero-order chi connectivity index (χ0) is 9.68. The van der Waals surface area contributed by atoms with Gasteiger partial charge >= 0.3 is 0 Å². The molecular weight excluding hydrogens is 164 g/mol. The third-order valence-electron chi connectivity index (χ3n) is 2.61. The Balaban J connectivity index is 2.10. The SMILES string of the molecule is CC(C)N1CCC(OCCCN)C1. The van der Waals surface area contributed by atoms with Gasteiger partial charge in [-0.15, -0.1) is 0 Å². The molecule has 1 saturated heterocycles. The number of rotatable bonds is 5. The second kappa shape index (κ2) is 5.58. The Morgan fingerprint density at radius 1 is 1.54 bits per heavy atom. The first-order valence-corrected chi connectivity index (χ1v) is 5.29. The Hall–Kier alpha value is -0.120. The maximum Gasteiger partial charge on any atom is 0.0714 e. The summed E-state index contributed by atoms with van der Waals surface area (Å²) < 4.78 is 5.70. The van der Waals surface area contributed by atoms with Crippen molar-refractivity contribution in [3.05, 3.63) is 0 Å². The topological polar surface area (TPSA) is 38.5 Å². The van der Waals surface area contributed by atoms with Gasteiger partial charge in [-0.1, -0.05) is 0 Å². The molecular formula is C10H22N2O. The van der Waals surface area contributed by atoms with E-state index in [0.29, 0.717) is 12.1 Å². The molecule has 2 N–H and O–H groups in total. The minimum absolute atomic E-state index is 0.453. The van der Waals surface area contributed by atoms with Gasteiger partial charge in [0.15, 0.2) is 0 Å². The molecule has 1 rings (SSSR count). The van der Waals surface area contributed by atoms with E-state index in [0.717, 1.165) is 26.1 Å². The summed E-state index contributed by atoms with van der Waals surface area (Å²) in [4.78, 5) is 2.47. The molecule has 0 saturated carbocycles. The van der Waals surface area contributed by atoms with Crippen LogP contribution < -0.4 is 5.73 Å². The number of ether oxygens (including phenoxy) is 1. The quantitative estimate of drug-likeness (QED) is 0.646. The molecule has 1 unspecified atom stereocenters. The van der Waals surface area contributed by atoms with E-state index < -0.39 is 0 Å². The van der Waals surface area contributed by atoms with Gasteiger partial charge in [0.05, 0.1) is 6.10 Å². The molecule has 0 spiro atoms. The third kappa shape index (κ3) is 3.63. The molecule has 0 aromatic rings. The largest absolute Gasteiger partial charge is 0.377 e. The van der Waals surface area contributed by atoms with Gasteiger partial charge in [0, 0.05) is 25.7 Å². The highest BCUT2D eigenvalue weighted by molar-refractivity contribution is 4.78. The van der Waals surface area contributed by atoms with Crippen LogP contribution in [-0.4, -0.2) is 43.3 Å². The van der Waals surface area contributed by atoms with E-state index in [1.165, 1.54) is 13.0 Å². The van der Waals surface area contributed by atoms with E-state index in [1.54, 1.807) is 0 Å². The first-order valence-electron chi connectivity index (χ1n) is 5.29. The van der Waals surface area contributed by atoms with Gasteiger partial charge < -0.3 is 10.5 Å². The summed E-state index contributed by atoms with van der Waals surface area (Å²) in [6, 6.07) is 0.656. The van der Waals surface area contributed by atoms with E-state index in [1.807, 2.05) is 0 Å². The second-order valence-electron chi connectivity index (χ2n) is 4.01. The first-order chi connectivity index (χ1) is 6.24. The molecule has 0 aliphatic carbocycles. The van der Waals surface area contributed by atoms with E-state index >= 15 is 0 Å². The summed E-state index contributed by atoms with van der Waals surface area (Å²) >= 11 is 0. The number of hydrogen-bond donors (Lipinski definition) is 1. The molecule has 1 aliphatic rings. The van der Waals surface area contributed by atoms with E-state index in [9.17, 15) is 0 Å².